The first kappa shape index (κ1) is 20.9. The molecule has 33 heavy (non-hydrogen) atoms. The van der Waals surface area contributed by atoms with E-state index in [9.17, 15) is 14.4 Å². The summed E-state index contributed by atoms with van der Waals surface area (Å²) in [6.45, 7) is 2.17. The second-order valence-electron chi connectivity index (χ2n) is 8.76. The van der Waals surface area contributed by atoms with Crippen LogP contribution in [-0.2, 0) is 29.0 Å². The predicted molar refractivity (Wildman–Crippen MR) is 123 cm³/mol. The van der Waals surface area contributed by atoms with Crippen LogP contribution in [0.2, 0.25) is 0 Å². The van der Waals surface area contributed by atoms with Crippen molar-refractivity contribution >= 4 is 23.7 Å². The van der Waals surface area contributed by atoms with Crippen LogP contribution in [0.25, 0.3) is 0 Å². The van der Waals surface area contributed by atoms with Gasteiger partial charge < -0.3 is 10.6 Å². The van der Waals surface area contributed by atoms with Gasteiger partial charge in [-0.1, -0.05) is 54.1 Å². The maximum absolute atomic E-state index is 13.2. The molecule has 1 aliphatic heterocycles. The Labute approximate surface area is 191 Å². The van der Waals surface area contributed by atoms with Crippen molar-refractivity contribution in [2.45, 2.75) is 38.3 Å². The van der Waals surface area contributed by atoms with E-state index in [1.54, 1.807) is 16.9 Å². The highest BCUT2D eigenvalue weighted by Crippen LogP contribution is 2.33. The lowest BCUT2D eigenvalue weighted by Gasteiger charge is -2.32. The van der Waals surface area contributed by atoms with E-state index >= 15 is 0 Å². The topological polar surface area (TPSA) is 96.3 Å². The number of imide groups is 1. The van der Waals surface area contributed by atoms with Crippen molar-refractivity contribution in [3.63, 3.8) is 0 Å². The summed E-state index contributed by atoms with van der Waals surface area (Å²) >= 11 is 0. The fourth-order valence-corrected chi connectivity index (χ4v) is 4.72. The second kappa shape index (κ2) is 8.20. The maximum Gasteiger partial charge on any atom is 0.325 e. The number of aryl methyl sites for hydroxylation is 2. The number of hydrogen-bond acceptors (Lipinski definition) is 4. The van der Waals surface area contributed by atoms with Gasteiger partial charge in [0.15, 0.2) is 0 Å². The van der Waals surface area contributed by atoms with Gasteiger partial charge in [-0.3, -0.25) is 14.5 Å². The highest BCUT2D eigenvalue weighted by atomic mass is 16.2. The third-order valence-corrected chi connectivity index (χ3v) is 6.38. The number of nitrogens with one attached hydrogen (secondary N) is 2. The van der Waals surface area contributed by atoms with Crippen LogP contribution >= 0.6 is 0 Å². The number of urea groups is 1. The summed E-state index contributed by atoms with van der Waals surface area (Å²) in [5.41, 5.74) is 3.48. The van der Waals surface area contributed by atoms with Crippen molar-refractivity contribution in [2.24, 2.45) is 0 Å². The Morgan fingerprint density at radius 1 is 1.12 bits per heavy atom. The van der Waals surface area contributed by atoms with E-state index in [2.05, 4.69) is 27.9 Å². The van der Waals surface area contributed by atoms with E-state index in [1.807, 2.05) is 43.3 Å². The Hall–Kier alpha value is -3.94. The molecule has 3 aromatic rings. The number of aromatic nitrogens is 2. The molecule has 2 aromatic carbocycles. The quantitative estimate of drug-likeness (QED) is 0.593. The first-order valence-electron chi connectivity index (χ1n) is 11.0. The summed E-state index contributed by atoms with van der Waals surface area (Å²) in [5.74, 6) is -0.280. The van der Waals surface area contributed by atoms with Crippen molar-refractivity contribution in [1.29, 1.82) is 0 Å². The lowest BCUT2D eigenvalue weighted by molar-refractivity contribution is -0.134. The monoisotopic (exact) mass is 443 g/mol. The number of fused-ring (bicyclic) bond motifs is 1. The smallest absolute Gasteiger partial charge is 0.323 e. The van der Waals surface area contributed by atoms with Gasteiger partial charge >= 0.3 is 6.03 Å². The summed E-state index contributed by atoms with van der Waals surface area (Å²) < 4.78 is 1.68. The molecule has 0 radical (unpaired) electrons. The molecule has 2 N–H and O–H groups in total. The minimum absolute atomic E-state index is 0.342. The number of benzene rings is 2. The number of amides is 4. The Morgan fingerprint density at radius 2 is 1.94 bits per heavy atom. The maximum atomic E-state index is 13.2. The van der Waals surface area contributed by atoms with Crippen molar-refractivity contribution in [1.82, 2.24) is 20.0 Å². The highest BCUT2D eigenvalue weighted by molar-refractivity contribution is 6.10. The van der Waals surface area contributed by atoms with Gasteiger partial charge in [-0.2, -0.15) is 5.10 Å². The fraction of sp³-hybridized carbons (Fsp3) is 0.280. The molecular formula is C25H25N5O3. The Kier molecular flexibility index (Phi) is 5.20. The largest absolute Gasteiger partial charge is 0.325 e. The molecule has 168 valence electrons. The van der Waals surface area contributed by atoms with Gasteiger partial charge in [0.05, 0.1) is 12.7 Å². The zero-order chi connectivity index (χ0) is 23.0. The number of anilines is 1. The van der Waals surface area contributed by atoms with Gasteiger partial charge in [0, 0.05) is 12.5 Å². The van der Waals surface area contributed by atoms with Crippen LogP contribution < -0.4 is 10.6 Å². The number of rotatable bonds is 5. The molecule has 8 nitrogen and oxygen atoms in total. The van der Waals surface area contributed by atoms with Crippen molar-refractivity contribution in [3.8, 4) is 0 Å². The predicted octanol–water partition coefficient (Wildman–Crippen LogP) is 2.66. The third kappa shape index (κ3) is 4.00. The van der Waals surface area contributed by atoms with E-state index in [0.29, 0.717) is 31.6 Å². The zero-order valence-electron chi connectivity index (χ0n) is 18.4. The molecule has 1 saturated heterocycles. The molecule has 1 aromatic heterocycles. The minimum atomic E-state index is -0.974. The molecule has 8 heteroatoms. The van der Waals surface area contributed by atoms with Crippen LogP contribution in [0, 0.1) is 6.92 Å². The SMILES string of the molecule is Cc1cccc(Cn2nccc2NC(=O)CN2C(=O)NC3(CCc4ccccc4C3)C2=O)c1. The van der Waals surface area contributed by atoms with Crippen molar-refractivity contribution in [2.75, 3.05) is 11.9 Å². The summed E-state index contributed by atoms with van der Waals surface area (Å²) in [4.78, 5) is 39.6. The summed E-state index contributed by atoms with van der Waals surface area (Å²) in [7, 11) is 0. The van der Waals surface area contributed by atoms with E-state index in [-0.39, 0.29) is 12.5 Å². The number of hydrogen-bond donors (Lipinski definition) is 2. The molecule has 1 aliphatic carbocycles. The molecule has 1 spiro atoms. The van der Waals surface area contributed by atoms with Gasteiger partial charge in [0.25, 0.3) is 5.91 Å². The van der Waals surface area contributed by atoms with Crippen LogP contribution in [-0.4, -0.2) is 44.6 Å². The Bertz CT molecular complexity index is 1250. The summed E-state index contributed by atoms with van der Waals surface area (Å²) in [6.07, 6.45) is 3.28. The van der Waals surface area contributed by atoms with Crippen LogP contribution in [0.4, 0.5) is 10.6 Å². The zero-order valence-corrected chi connectivity index (χ0v) is 18.4. The van der Waals surface area contributed by atoms with E-state index in [4.69, 9.17) is 0 Å². The van der Waals surface area contributed by atoms with Gasteiger partial charge in [-0.15, -0.1) is 0 Å². The molecule has 2 aliphatic rings. The van der Waals surface area contributed by atoms with Crippen molar-refractivity contribution < 1.29 is 14.4 Å². The van der Waals surface area contributed by atoms with Crippen LogP contribution in [0.15, 0.2) is 60.8 Å². The van der Waals surface area contributed by atoms with Crippen LogP contribution in [0.5, 0.6) is 0 Å². The molecular weight excluding hydrogens is 418 g/mol. The van der Waals surface area contributed by atoms with Crippen molar-refractivity contribution in [3.05, 3.63) is 83.0 Å². The van der Waals surface area contributed by atoms with Crippen LogP contribution in [0.1, 0.15) is 28.7 Å². The highest BCUT2D eigenvalue weighted by Gasteiger charge is 2.52. The molecule has 0 saturated carbocycles. The first-order valence-corrected chi connectivity index (χ1v) is 11.0. The minimum Gasteiger partial charge on any atom is -0.323 e. The van der Waals surface area contributed by atoms with Gasteiger partial charge in [0.1, 0.15) is 17.9 Å². The van der Waals surface area contributed by atoms with E-state index in [0.717, 1.165) is 21.6 Å². The van der Waals surface area contributed by atoms with E-state index < -0.39 is 17.5 Å². The summed E-state index contributed by atoms with van der Waals surface area (Å²) in [6, 6.07) is 17.2. The average molecular weight is 444 g/mol. The van der Waals surface area contributed by atoms with Gasteiger partial charge in [0.2, 0.25) is 5.91 Å². The van der Waals surface area contributed by atoms with Gasteiger partial charge in [-0.05, 0) is 36.5 Å². The average Bonchev–Trinajstić information content (AvgIpc) is 3.31. The number of carbonyl (C=O) groups excluding carboxylic acids is 3. The lowest BCUT2D eigenvalue weighted by atomic mass is 9.78. The molecule has 2 heterocycles. The number of nitrogens with zero attached hydrogens (tertiary/aromatic N) is 3. The third-order valence-electron chi connectivity index (χ3n) is 6.38. The Balaban J connectivity index is 1.26. The van der Waals surface area contributed by atoms with Crippen LogP contribution in [0.3, 0.4) is 0 Å². The fourth-order valence-electron chi connectivity index (χ4n) is 4.72. The van der Waals surface area contributed by atoms with Gasteiger partial charge in [-0.25, -0.2) is 9.48 Å². The number of carbonyl (C=O) groups is 3. The molecule has 5 rings (SSSR count). The molecule has 1 atom stereocenters. The molecule has 4 amide bonds. The molecule has 1 fully saturated rings. The second-order valence-corrected chi connectivity index (χ2v) is 8.76. The normalized spacial score (nSPS) is 19.5. The lowest BCUT2D eigenvalue weighted by Crippen LogP contribution is -2.51. The first-order chi connectivity index (χ1) is 15.9. The molecule has 0 bridgehead atoms. The summed E-state index contributed by atoms with van der Waals surface area (Å²) in [5, 5.41) is 9.94. The van der Waals surface area contributed by atoms with E-state index in [1.165, 1.54) is 5.56 Å². The Morgan fingerprint density at radius 3 is 2.76 bits per heavy atom. The molecule has 1 unspecified atom stereocenters. The standard InChI is InChI=1S/C25H25N5O3/c1-17-5-4-6-18(13-17)15-30-21(10-12-26-30)27-22(31)16-29-23(32)25(28-24(29)33)11-9-19-7-2-3-8-20(19)14-25/h2-8,10,12-13H,9,11,14-16H2,1H3,(H,27,31)(H,28,33).